The fraction of sp³-hybridized carbons (Fsp3) is 0.125. The second-order valence-corrected chi connectivity index (χ2v) is 2.81. The topological polar surface area (TPSA) is 0 Å². The molecule has 0 spiro atoms. The lowest BCUT2D eigenvalue weighted by Gasteiger charge is -1.98. The van der Waals surface area contributed by atoms with E-state index in [4.69, 9.17) is 6.92 Å². The molecule has 1 aromatic carbocycles. The van der Waals surface area contributed by atoms with Crippen molar-refractivity contribution >= 4 is 15.9 Å². The highest BCUT2D eigenvalue weighted by atomic mass is 79.9. The Morgan fingerprint density at radius 3 is 2.56 bits per heavy atom. The first kappa shape index (κ1) is 6.81. The molecule has 0 N–H and O–H groups in total. The average molecular weight is 183 g/mol. The second kappa shape index (κ2) is 2.53. The van der Waals surface area contributed by atoms with Gasteiger partial charge in [-0.3, -0.25) is 0 Å². The molecule has 0 atom stereocenters. The lowest BCUT2D eigenvalue weighted by atomic mass is 10.1. The Balaban J connectivity index is 3.25. The van der Waals surface area contributed by atoms with E-state index in [9.17, 15) is 0 Å². The first-order chi connectivity index (χ1) is 4.22. The zero-order valence-electron chi connectivity index (χ0n) is 5.19. The monoisotopic (exact) mass is 182 g/mol. The zero-order chi connectivity index (χ0) is 6.85. The third-order valence-corrected chi connectivity index (χ3v) is 2.17. The van der Waals surface area contributed by atoms with E-state index in [-0.39, 0.29) is 0 Å². The van der Waals surface area contributed by atoms with Crippen LogP contribution in [0.2, 0.25) is 0 Å². The molecule has 9 heavy (non-hydrogen) atoms. The van der Waals surface area contributed by atoms with Gasteiger partial charge in [0.1, 0.15) is 0 Å². The molecule has 0 saturated heterocycles. The molecule has 0 aromatic heterocycles. The van der Waals surface area contributed by atoms with Gasteiger partial charge in [-0.2, -0.15) is 0 Å². The van der Waals surface area contributed by atoms with Crippen molar-refractivity contribution in [2.24, 2.45) is 0 Å². The molecule has 0 aliphatic rings. The minimum Gasteiger partial charge on any atom is -0.0608 e. The first-order valence-corrected chi connectivity index (χ1v) is 3.51. The second-order valence-electron chi connectivity index (χ2n) is 1.95. The van der Waals surface area contributed by atoms with Crippen molar-refractivity contribution in [1.82, 2.24) is 0 Å². The molecule has 1 heteroatoms. The molecule has 0 heterocycles. The average Bonchev–Trinajstić information content (AvgIpc) is 1.83. The lowest BCUT2D eigenvalue weighted by molar-refractivity contribution is 1.38. The summed E-state index contributed by atoms with van der Waals surface area (Å²) in [4.78, 5) is 0. The Bertz CT molecular complexity index is 196. The van der Waals surface area contributed by atoms with E-state index in [1.54, 1.807) is 0 Å². The molecule has 0 fully saturated rings. The summed E-state index contributed by atoms with van der Waals surface area (Å²) in [6.45, 7) is 7.58. The quantitative estimate of drug-likeness (QED) is 0.580. The molecule has 0 aliphatic carbocycles. The van der Waals surface area contributed by atoms with Crippen molar-refractivity contribution in [3.05, 3.63) is 40.7 Å². The smallest absolute Gasteiger partial charge is 0.0207 e. The predicted molar refractivity (Wildman–Crippen MR) is 42.3 cm³/mol. The van der Waals surface area contributed by atoms with E-state index in [0.717, 1.165) is 15.6 Å². The van der Waals surface area contributed by atoms with Crippen molar-refractivity contribution in [2.45, 2.75) is 6.92 Å². The van der Waals surface area contributed by atoms with Crippen LogP contribution < -0.4 is 0 Å². The van der Waals surface area contributed by atoms with Crippen LogP contribution in [0, 0.1) is 13.8 Å². The van der Waals surface area contributed by atoms with E-state index in [1.807, 2.05) is 25.1 Å². The third-order valence-electron chi connectivity index (χ3n) is 1.31. The molecule has 46 valence electrons. The van der Waals surface area contributed by atoms with Crippen LogP contribution in [-0.4, -0.2) is 0 Å². The van der Waals surface area contributed by atoms with Gasteiger partial charge in [-0.15, -0.1) is 0 Å². The molecular formula is C8H7Br. The molecule has 1 rings (SSSR count). The van der Waals surface area contributed by atoms with Crippen molar-refractivity contribution < 1.29 is 0 Å². The van der Waals surface area contributed by atoms with Crippen LogP contribution in [-0.2, 0) is 0 Å². The molecule has 0 amide bonds. The summed E-state index contributed by atoms with van der Waals surface area (Å²) < 4.78 is 1.07. The van der Waals surface area contributed by atoms with Gasteiger partial charge in [0.2, 0.25) is 0 Å². The van der Waals surface area contributed by atoms with E-state index >= 15 is 0 Å². The standard InChI is InChI=1S/C8H7Br/c1-6-4-3-5-8(9)7(6)2/h1,3-5H,2H3. The lowest BCUT2D eigenvalue weighted by Crippen LogP contribution is -1.79. The van der Waals surface area contributed by atoms with Crippen LogP contribution in [0.15, 0.2) is 22.7 Å². The fourth-order valence-corrected chi connectivity index (χ4v) is 1.01. The van der Waals surface area contributed by atoms with Crippen LogP contribution in [0.4, 0.5) is 0 Å². The van der Waals surface area contributed by atoms with Crippen molar-refractivity contribution in [1.29, 1.82) is 0 Å². The molecule has 0 bridgehead atoms. The summed E-state index contributed by atoms with van der Waals surface area (Å²) in [6.07, 6.45) is 0. The summed E-state index contributed by atoms with van der Waals surface area (Å²) in [5.74, 6) is 0. The Morgan fingerprint density at radius 2 is 2.11 bits per heavy atom. The van der Waals surface area contributed by atoms with Crippen LogP contribution >= 0.6 is 15.9 Å². The Labute approximate surface area is 64.0 Å². The zero-order valence-corrected chi connectivity index (χ0v) is 6.77. The highest BCUT2D eigenvalue weighted by Crippen LogP contribution is 2.17. The normalized spacial score (nSPS) is 9.67. The summed E-state index contributed by atoms with van der Waals surface area (Å²) >= 11 is 3.37. The summed E-state index contributed by atoms with van der Waals surface area (Å²) in [7, 11) is 0. The van der Waals surface area contributed by atoms with E-state index in [2.05, 4.69) is 15.9 Å². The Morgan fingerprint density at radius 1 is 1.44 bits per heavy atom. The molecule has 2 radical (unpaired) electrons. The maximum Gasteiger partial charge on any atom is 0.0207 e. The van der Waals surface area contributed by atoms with Crippen molar-refractivity contribution in [3.63, 3.8) is 0 Å². The first-order valence-electron chi connectivity index (χ1n) is 2.72. The van der Waals surface area contributed by atoms with E-state index in [1.165, 1.54) is 0 Å². The Hall–Kier alpha value is -0.300. The molecule has 0 nitrogen and oxygen atoms in total. The third kappa shape index (κ3) is 1.33. The summed E-state index contributed by atoms with van der Waals surface area (Å²) in [5, 5.41) is 0. The van der Waals surface area contributed by atoms with Gasteiger partial charge in [-0.25, -0.2) is 0 Å². The van der Waals surface area contributed by atoms with E-state index in [0.29, 0.717) is 0 Å². The van der Waals surface area contributed by atoms with Gasteiger partial charge >= 0.3 is 0 Å². The van der Waals surface area contributed by atoms with Crippen molar-refractivity contribution in [2.75, 3.05) is 0 Å². The number of hydrogen-bond donors (Lipinski definition) is 0. The highest BCUT2D eigenvalue weighted by Gasteiger charge is 1.93. The number of benzene rings is 1. The van der Waals surface area contributed by atoms with Gasteiger partial charge in [0.25, 0.3) is 0 Å². The molecule has 0 unspecified atom stereocenters. The number of rotatable bonds is 0. The SMILES string of the molecule is [CH]c1cccc(Br)c1C. The Kier molecular flexibility index (Phi) is 1.91. The van der Waals surface area contributed by atoms with Gasteiger partial charge < -0.3 is 0 Å². The van der Waals surface area contributed by atoms with Gasteiger partial charge in [0.15, 0.2) is 0 Å². The number of halogens is 1. The molecule has 0 saturated carbocycles. The minimum absolute atomic E-state index is 0.837. The van der Waals surface area contributed by atoms with Gasteiger partial charge in [0.05, 0.1) is 0 Å². The summed E-state index contributed by atoms with van der Waals surface area (Å²) in [5.41, 5.74) is 1.95. The fourth-order valence-electron chi connectivity index (χ4n) is 0.624. The van der Waals surface area contributed by atoms with Gasteiger partial charge in [0, 0.05) is 4.47 Å². The number of hydrogen-bond acceptors (Lipinski definition) is 0. The molecular weight excluding hydrogens is 176 g/mol. The van der Waals surface area contributed by atoms with Crippen LogP contribution in [0.25, 0.3) is 0 Å². The van der Waals surface area contributed by atoms with Crippen LogP contribution in [0.3, 0.4) is 0 Å². The highest BCUT2D eigenvalue weighted by molar-refractivity contribution is 9.10. The van der Waals surface area contributed by atoms with E-state index < -0.39 is 0 Å². The summed E-state index contributed by atoms with van der Waals surface area (Å²) in [6, 6.07) is 5.79. The van der Waals surface area contributed by atoms with Gasteiger partial charge in [-0.1, -0.05) is 28.1 Å². The molecule has 1 aromatic rings. The maximum absolute atomic E-state index is 5.59. The molecule has 0 aliphatic heterocycles. The largest absolute Gasteiger partial charge is 0.0608 e. The van der Waals surface area contributed by atoms with Crippen LogP contribution in [0.1, 0.15) is 11.1 Å². The predicted octanol–water partition coefficient (Wildman–Crippen LogP) is 2.82. The minimum atomic E-state index is 0.837. The van der Waals surface area contributed by atoms with Crippen molar-refractivity contribution in [3.8, 4) is 0 Å². The maximum atomic E-state index is 5.59. The van der Waals surface area contributed by atoms with Crippen LogP contribution in [0.5, 0.6) is 0 Å². The van der Waals surface area contributed by atoms with Gasteiger partial charge in [-0.05, 0) is 31.0 Å².